The molecule has 0 atom stereocenters. The molecule has 0 radical (unpaired) electrons. The van der Waals surface area contributed by atoms with Crippen LogP contribution in [0.5, 0.6) is 0 Å². The Kier molecular flexibility index (Phi) is 10.5. The van der Waals surface area contributed by atoms with Gasteiger partial charge in [-0.05, 0) is 35.7 Å². The summed E-state index contributed by atoms with van der Waals surface area (Å²) in [4.78, 5) is 16.0. The number of halogens is 2. The topological polar surface area (TPSA) is 65.5 Å². The molecule has 3 N–H and O–H groups in total. The van der Waals surface area contributed by atoms with E-state index in [9.17, 15) is 4.79 Å². The molecule has 2 rings (SSSR count). The molecule has 1 amide bonds. The monoisotopic (exact) mass is 528 g/mol. The lowest BCUT2D eigenvalue weighted by atomic mass is 9.84. The molecule has 0 heterocycles. The number of nitrogens with one attached hydrogen (secondary N) is 3. The van der Waals surface area contributed by atoms with Crippen LogP contribution in [0.3, 0.4) is 0 Å². The second kappa shape index (κ2) is 12.0. The van der Waals surface area contributed by atoms with E-state index in [1.807, 2.05) is 42.5 Å². The average molecular weight is 529 g/mol. The van der Waals surface area contributed by atoms with Gasteiger partial charge in [-0.2, -0.15) is 0 Å². The molecular formula is C22H30ClIN4O. The standard InChI is InChI=1S/C22H29ClN4O.HI/c1-22(2,18-10-5-6-11-19(18)23)15-27-21(25-4)26-13-12-16-8-7-9-17(14-16)20(28)24-3;/h5-11,14H,12-13,15H2,1-4H3,(H,24,28)(H2,25,26,27);1H. The summed E-state index contributed by atoms with van der Waals surface area (Å²) in [5.41, 5.74) is 2.73. The number of aliphatic imine (C=N–C) groups is 1. The smallest absolute Gasteiger partial charge is 0.251 e. The van der Waals surface area contributed by atoms with E-state index in [4.69, 9.17) is 11.6 Å². The molecule has 0 spiro atoms. The molecule has 0 saturated carbocycles. The van der Waals surface area contributed by atoms with Gasteiger partial charge in [0.05, 0.1) is 0 Å². The van der Waals surface area contributed by atoms with Crippen LogP contribution in [0.2, 0.25) is 5.02 Å². The van der Waals surface area contributed by atoms with Crippen LogP contribution in [0.1, 0.15) is 35.3 Å². The number of rotatable bonds is 7. The summed E-state index contributed by atoms with van der Waals surface area (Å²) in [6.45, 7) is 5.71. The van der Waals surface area contributed by atoms with E-state index in [0.717, 1.165) is 28.5 Å². The first-order valence-corrected chi connectivity index (χ1v) is 9.75. The summed E-state index contributed by atoms with van der Waals surface area (Å²) in [6.07, 6.45) is 0.791. The zero-order chi connectivity index (χ0) is 20.6. The van der Waals surface area contributed by atoms with E-state index in [2.05, 4.69) is 40.9 Å². The fourth-order valence-electron chi connectivity index (χ4n) is 2.97. The Balaban J connectivity index is 0.00000420. The lowest BCUT2D eigenvalue weighted by Crippen LogP contribution is -2.44. The lowest BCUT2D eigenvalue weighted by molar-refractivity contribution is 0.0963. The Labute approximate surface area is 195 Å². The Morgan fingerprint density at radius 3 is 2.48 bits per heavy atom. The van der Waals surface area contributed by atoms with E-state index in [-0.39, 0.29) is 35.3 Å². The van der Waals surface area contributed by atoms with Crippen molar-refractivity contribution in [3.05, 3.63) is 70.2 Å². The largest absolute Gasteiger partial charge is 0.356 e. The van der Waals surface area contributed by atoms with Crippen molar-refractivity contribution in [2.75, 3.05) is 27.2 Å². The highest BCUT2D eigenvalue weighted by Gasteiger charge is 2.23. The third-order valence-corrected chi connectivity index (χ3v) is 4.98. The molecule has 0 saturated heterocycles. The summed E-state index contributed by atoms with van der Waals surface area (Å²) >= 11 is 6.35. The Morgan fingerprint density at radius 2 is 1.83 bits per heavy atom. The van der Waals surface area contributed by atoms with Crippen LogP contribution in [0.4, 0.5) is 0 Å². The van der Waals surface area contributed by atoms with Gasteiger partial charge in [0.15, 0.2) is 5.96 Å². The maximum absolute atomic E-state index is 11.7. The summed E-state index contributed by atoms with van der Waals surface area (Å²) < 4.78 is 0. The molecule has 7 heteroatoms. The molecule has 5 nitrogen and oxygen atoms in total. The third-order valence-electron chi connectivity index (χ3n) is 4.65. The highest BCUT2D eigenvalue weighted by Crippen LogP contribution is 2.28. The van der Waals surface area contributed by atoms with Crippen molar-refractivity contribution in [3.8, 4) is 0 Å². The summed E-state index contributed by atoms with van der Waals surface area (Å²) in [5, 5.41) is 10.1. The minimum atomic E-state index is -0.141. The van der Waals surface area contributed by atoms with Gasteiger partial charge in [-0.1, -0.05) is 55.8 Å². The van der Waals surface area contributed by atoms with Crippen molar-refractivity contribution in [3.63, 3.8) is 0 Å². The normalized spacial score (nSPS) is 11.4. The van der Waals surface area contributed by atoms with Crippen LogP contribution in [0.15, 0.2) is 53.5 Å². The molecular weight excluding hydrogens is 499 g/mol. The zero-order valence-corrected chi connectivity index (χ0v) is 20.5. The maximum Gasteiger partial charge on any atom is 0.251 e. The van der Waals surface area contributed by atoms with Gasteiger partial charge in [-0.15, -0.1) is 24.0 Å². The van der Waals surface area contributed by atoms with Crippen molar-refractivity contribution in [2.45, 2.75) is 25.7 Å². The van der Waals surface area contributed by atoms with Gasteiger partial charge in [0.1, 0.15) is 0 Å². The number of hydrogen-bond acceptors (Lipinski definition) is 2. The zero-order valence-electron chi connectivity index (χ0n) is 17.4. The van der Waals surface area contributed by atoms with Crippen LogP contribution in [-0.2, 0) is 11.8 Å². The first-order chi connectivity index (χ1) is 13.4. The molecule has 0 aliphatic carbocycles. The minimum Gasteiger partial charge on any atom is -0.356 e. The third kappa shape index (κ3) is 7.51. The van der Waals surface area contributed by atoms with Crippen molar-refractivity contribution in [2.24, 2.45) is 4.99 Å². The van der Waals surface area contributed by atoms with Gasteiger partial charge in [0.25, 0.3) is 5.91 Å². The molecule has 2 aromatic rings. The number of carbonyl (C=O) groups excluding carboxylic acids is 1. The number of guanidine groups is 1. The highest BCUT2D eigenvalue weighted by atomic mass is 127. The van der Waals surface area contributed by atoms with Crippen molar-refractivity contribution in [1.82, 2.24) is 16.0 Å². The molecule has 158 valence electrons. The van der Waals surface area contributed by atoms with Crippen LogP contribution < -0.4 is 16.0 Å². The van der Waals surface area contributed by atoms with Crippen LogP contribution in [0, 0.1) is 0 Å². The predicted octanol–water partition coefficient (Wildman–Crippen LogP) is 4.00. The predicted molar refractivity (Wildman–Crippen MR) is 133 cm³/mol. The fourth-order valence-corrected chi connectivity index (χ4v) is 3.36. The fraction of sp³-hybridized carbons (Fsp3) is 0.364. The lowest BCUT2D eigenvalue weighted by Gasteiger charge is -2.27. The molecule has 0 aromatic heterocycles. The van der Waals surface area contributed by atoms with Gasteiger partial charge in [0, 0.05) is 43.2 Å². The second-order valence-electron chi connectivity index (χ2n) is 7.25. The number of benzene rings is 2. The Morgan fingerprint density at radius 1 is 1.10 bits per heavy atom. The maximum atomic E-state index is 11.7. The van der Waals surface area contributed by atoms with Crippen LogP contribution in [0.25, 0.3) is 0 Å². The van der Waals surface area contributed by atoms with Crippen LogP contribution in [-0.4, -0.2) is 39.1 Å². The summed E-state index contributed by atoms with van der Waals surface area (Å²) in [6, 6.07) is 15.6. The number of carbonyl (C=O) groups is 1. The van der Waals surface area contributed by atoms with E-state index in [1.165, 1.54) is 0 Å². The van der Waals surface area contributed by atoms with Gasteiger partial charge < -0.3 is 16.0 Å². The highest BCUT2D eigenvalue weighted by molar-refractivity contribution is 14.0. The molecule has 0 unspecified atom stereocenters. The quantitative estimate of drug-likeness (QED) is 0.289. The molecule has 0 fully saturated rings. The minimum absolute atomic E-state index is 0. The second-order valence-corrected chi connectivity index (χ2v) is 7.65. The van der Waals surface area contributed by atoms with Gasteiger partial charge in [-0.3, -0.25) is 9.79 Å². The molecule has 0 aliphatic rings. The average Bonchev–Trinajstić information content (AvgIpc) is 2.70. The summed E-state index contributed by atoms with van der Waals surface area (Å²) in [7, 11) is 3.39. The number of nitrogens with zero attached hydrogens (tertiary/aromatic N) is 1. The van der Waals surface area contributed by atoms with Gasteiger partial charge in [-0.25, -0.2) is 0 Å². The van der Waals surface area contributed by atoms with Crippen molar-refractivity contribution in [1.29, 1.82) is 0 Å². The van der Waals surface area contributed by atoms with E-state index >= 15 is 0 Å². The summed E-state index contributed by atoms with van der Waals surface area (Å²) in [5.74, 6) is 0.664. The van der Waals surface area contributed by atoms with E-state index in [0.29, 0.717) is 18.7 Å². The van der Waals surface area contributed by atoms with Crippen molar-refractivity contribution < 1.29 is 4.79 Å². The van der Waals surface area contributed by atoms with Crippen LogP contribution >= 0.6 is 35.6 Å². The SMILES string of the molecule is CN=C(NCCc1cccc(C(=O)NC)c1)NCC(C)(C)c1ccccc1Cl.I. The Bertz CT molecular complexity index is 839. The van der Waals surface area contributed by atoms with Gasteiger partial charge in [0.2, 0.25) is 0 Å². The molecule has 29 heavy (non-hydrogen) atoms. The number of hydrogen-bond donors (Lipinski definition) is 3. The number of amides is 1. The molecule has 0 aliphatic heterocycles. The van der Waals surface area contributed by atoms with Crippen molar-refractivity contribution >= 4 is 47.4 Å². The molecule has 2 aromatic carbocycles. The van der Waals surface area contributed by atoms with E-state index < -0.39 is 0 Å². The first-order valence-electron chi connectivity index (χ1n) is 9.38. The Hall–Kier alpha value is -1.80. The molecule has 0 bridgehead atoms. The first kappa shape index (κ1) is 25.2. The van der Waals surface area contributed by atoms with Gasteiger partial charge >= 0.3 is 0 Å². The van der Waals surface area contributed by atoms with E-state index in [1.54, 1.807) is 14.1 Å².